The number of fused-ring (bicyclic) bond motifs is 1. The van der Waals surface area contributed by atoms with E-state index in [4.69, 9.17) is 0 Å². The molecular formula is C20H24FN3O3. The summed E-state index contributed by atoms with van der Waals surface area (Å²) in [5.41, 5.74) is 2.44. The number of halogens is 1. The van der Waals surface area contributed by atoms with Crippen LogP contribution in [0.25, 0.3) is 0 Å². The van der Waals surface area contributed by atoms with Gasteiger partial charge in [0, 0.05) is 18.4 Å². The van der Waals surface area contributed by atoms with E-state index in [1.165, 1.54) is 12.1 Å². The van der Waals surface area contributed by atoms with Crippen molar-refractivity contribution in [2.24, 2.45) is 7.05 Å². The van der Waals surface area contributed by atoms with Crippen molar-refractivity contribution in [3.63, 3.8) is 0 Å². The first-order chi connectivity index (χ1) is 12.7. The van der Waals surface area contributed by atoms with Gasteiger partial charge in [0.25, 0.3) is 11.8 Å². The minimum Gasteiger partial charge on any atom is -0.394 e. The first-order valence-electron chi connectivity index (χ1n) is 8.86. The quantitative estimate of drug-likeness (QED) is 0.773. The Hall–Kier alpha value is -2.67. The number of carbonyl (C=O) groups is 2. The number of nitrogens with one attached hydrogen (secondary N) is 2. The van der Waals surface area contributed by atoms with Crippen molar-refractivity contribution >= 4 is 17.5 Å². The van der Waals surface area contributed by atoms with E-state index in [1.54, 1.807) is 38.5 Å². The molecule has 2 heterocycles. The average molecular weight is 373 g/mol. The van der Waals surface area contributed by atoms with Gasteiger partial charge in [-0.15, -0.1) is 0 Å². The lowest BCUT2D eigenvalue weighted by atomic mass is 9.95. The second kappa shape index (κ2) is 6.81. The van der Waals surface area contributed by atoms with Crippen LogP contribution in [-0.2, 0) is 13.5 Å². The Morgan fingerprint density at radius 2 is 2.11 bits per heavy atom. The summed E-state index contributed by atoms with van der Waals surface area (Å²) in [5.74, 6) is -0.978. The number of aliphatic hydroxyl groups is 1. The van der Waals surface area contributed by atoms with E-state index in [1.807, 2.05) is 0 Å². The van der Waals surface area contributed by atoms with E-state index in [0.29, 0.717) is 46.6 Å². The summed E-state index contributed by atoms with van der Waals surface area (Å²) >= 11 is 0. The molecule has 3 rings (SSSR count). The van der Waals surface area contributed by atoms with Crippen LogP contribution in [0.4, 0.5) is 10.1 Å². The Morgan fingerprint density at radius 3 is 2.74 bits per heavy atom. The van der Waals surface area contributed by atoms with Gasteiger partial charge in [0.2, 0.25) is 0 Å². The lowest BCUT2D eigenvalue weighted by Gasteiger charge is -2.26. The molecule has 2 aromatic rings. The smallest absolute Gasteiger partial charge is 0.272 e. The first kappa shape index (κ1) is 19.1. The minimum absolute atomic E-state index is 0.176. The lowest BCUT2D eigenvalue weighted by molar-refractivity contribution is 0.0852. The van der Waals surface area contributed by atoms with Crippen molar-refractivity contribution in [2.75, 3.05) is 11.9 Å². The molecule has 0 radical (unpaired) electrons. The maximum atomic E-state index is 13.5. The Kier molecular flexibility index (Phi) is 4.82. The van der Waals surface area contributed by atoms with Crippen LogP contribution in [0.2, 0.25) is 0 Å². The topological polar surface area (TPSA) is 83.4 Å². The van der Waals surface area contributed by atoms with Gasteiger partial charge in [-0.25, -0.2) is 4.39 Å². The van der Waals surface area contributed by atoms with Crippen molar-refractivity contribution in [1.29, 1.82) is 0 Å². The van der Waals surface area contributed by atoms with E-state index in [2.05, 4.69) is 10.6 Å². The molecule has 7 heteroatoms. The van der Waals surface area contributed by atoms with Crippen LogP contribution in [0, 0.1) is 19.7 Å². The zero-order valence-electron chi connectivity index (χ0n) is 15.9. The minimum atomic E-state index is -0.726. The van der Waals surface area contributed by atoms with Gasteiger partial charge >= 0.3 is 0 Å². The fourth-order valence-electron chi connectivity index (χ4n) is 3.54. The van der Waals surface area contributed by atoms with Crippen molar-refractivity contribution in [1.82, 2.24) is 9.88 Å². The third kappa shape index (κ3) is 3.35. The van der Waals surface area contributed by atoms with Gasteiger partial charge in [-0.3, -0.25) is 9.59 Å². The summed E-state index contributed by atoms with van der Waals surface area (Å²) in [7, 11) is 1.74. The highest BCUT2D eigenvalue weighted by Crippen LogP contribution is 2.30. The van der Waals surface area contributed by atoms with Gasteiger partial charge < -0.3 is 20.3 Å². The van der Waals surface area contributed by atoms with Crippen LogP contribution >= 0.6 is 0 Å². The van der Waals surface area contributed by atoms with Crippen LogP contribution in [-0.4, -0.2) is 33.6 Å². The van der Waals surface area contributed by atoms with E-state index < -0.39 is 5.54 Å². The number of carbonyl (C=O) groups excluding carboxylic acids is 2. The summed E-state index contributed by atoms with van der Waals surface area (Å²) < 4.78 is 15.2. The van der Waals surface area contributed by atoms with Crippen LogP contribution < -0.4 is 10.6 Å². The maximum Gasteiger partial charge on any atom is 0.272 e. The predicted octanol–water partition coefficient (Wildman–Crippen LogP) is 2.46. The number of amides is 2. The highest BCUT2D eigenvalue weighted by molar-refractivity contribution is 6.08. The van der Waals surface area contributed by atoms with Gasteiger partial charge in [-0.2, -0.15) is 0 Å². The second-order valence-electron chi connectivity index (χ2n) is 7.44. The summed E-state index contributed by atoms with van der Waals surface area (Å²) in [6.07, 6.45) is 1.000. The van der Waals surface area contributed by atoms with Gasteiger partial charge in [-0.1, -0.05) is 0 Å². The fourth-order valence-corrected chi connectivity index (χ4v) is 3.54. The molecule has 1 aliphatic rings. The SMILES string of the molecule is Cc1cc(NC(=O)c2c3c(c(C)n2C)C(=O)NC(C)(CO)CC3)ccc1F. The van der Waals surface area contributed by atoms with Crippen LogP contribution in [0.15, 0.2) is 18.2 Å². The largest absolute Gasteiger partial charge is 0.394 e. The van der Waals surface area contributed by atoms with Crippen molar-refractivity contribution in [2.45, 2.75) is 39.2 Å². The molecule has 0 saturated carbocycles. The first-order valence-corrected chi connectivity index (χ1v) is 8.86. The summed E-state index contributed by atoms with van der Waals surface area (Å²) in [6.45, 7) is 5.03. The lowest BCUT2D eigenvalue weighted by Crippen LogP contribution is -2.48. The van der Waals surface area contributed by atoms with Crippen LogP contribution in [0.3, 0.4) is 0 Å². The molecule has 0 saturated heterocycles. The molecule has 0 spiro atoms. The molecular weight excluding hydrogens is 349 g/mol. The third-order valence-electron chi connectivity index (χ3n) is 5.34. The van der Waals surface area contributed by atoms with E-state index >= 15 is 0 Å². The number of hydrogen-bond acceptors (Lipinski definition) is 3. The number of anilines is 1. The van der Waals surface area contributed by atoms with Gasteiger partial charge in [0.1, 0.15) is 11.5 Å². The Bertz CT molecular complexity index is 935. The van der Waals surface area contributed by atoms with Crippen LogP contribution in [0.5, 0.6) is 0 Å². The standard InChI is InChI=1S/C20H24FN3O3/c1-11-9-13(5-6-15(11)21)22-19(27)17-14-7-8-20(3,10-25)23-18(26)16(14)12(2)24(17)4/h5-6,9,25H,7-8,10H2,1-4H3,(H,22,27)(H,23,26). The highest BCUT2D eigenvalue weighted by Gasteiger charge is 2.36. The third-order valence-corrected chi connectivity index (χ3v) is 5.34. The average Bonchev–Trinajstić information content (AvgIpc) is 2.78. The zero-order valence-corrected chi connectivity index (χ0v) is 15.9. The van der Waals surface area contributed by atoms with Crippen LogP contribution in [0.1, 0.15) is 51.0 Å². The molecule has 1 aliphatic heterocycles. The molecule has 27 heavy (non-hydrogen) atoms. The summed E-state index contributed by atoms with van der Waals surface area (Å²) in [5, 5.41) is 15.3. The van der Waals surface area contributed by atoms with Crippen molar-refractivity contribution < 1.29 is 19.1 Å². The monoisotopic (exact) mass is 373 g/mol. The van der Waals surface area contributed by atoms with E-state index in [0.717, 1.165) is 0 Å². The van der Waals surface area contributed by atoms with Crippen molar-refractivity contribution in [3.8, 4) is 0 Å². The zero-order chi connectivity index (χ0) is 19.9. The molecule has 6 nitrogen and oxygen atoms in total. The molecule has 1 unspecified atom stereocenters. The number of aryl methyl sites for hydroxylation is 1. The molecule has 1 atom stereocenters. The van der Waals surface area contributed by atoms with E-state index in [9.17, 15) is 19.1 Å². The number of rotatable bonds is 3. The molecule has 1 aromatic carbocycles. The van der Waals surface area contributed by atoms with Gasteiger partial charge in [0.15, 0.2) is 0 Å². The number of nitrogens with zero attached hydrogens (tertiary/aromatic N) is 1. The van der Waals surface area contributed by atoms with Crippen molar-refractivity contribution in [3.05, 3.63) is 52.1 Å². The molecule has 3 N–H and O–H groups in total. The maximum absolute atomic E-state index is 13.5. The van der Waals surface area contributed by atoms with E-state index in [-0.39, 0.29) is 24.2 Å². The molecule has 0 bridgehead atoms. The highest BCUT2D eigenvalue weighted by atomic mass is 19.1. The molecule has 144 valence electrons. The molecule has 1 aromatic heterocycles. The summed E-state index contributed by atoms with van der Waals surface area (Å²) in [6, 6.07) is 4.38. The second-order valence-corrected chi connectivity index (χ2v) is 7.44. The number of benzene rings is 1. The van der Waals surface area contributed by atoms with Gasteiger partial charge in [-0.05, 0) is 62.9 Å². The number of aliphatic hydroxyl groups excluding tert-OH is 1. The fraction of sp³-hybridized carbons (Fsp3) is 0.400. The normalized spacial score (nSPS) is 19.3. The molecule has 2 amide bonds. The Balaban J connectivity index is 2.00. The Labute approximate surface area is 157 Å². The molecule has 0 aliphatic carbocycles. The van der Waals surface area contributed by atoms with Gasteiger partial charge in [0.05, 0.1) is 17.7 Å². The number of hydrogen-bond donors (Lipinski definition) is 3. The molecule has 0 fully saturated rings. The predicted molar refractivity (Wildman–Crippen MR) is 101 cm³/mol. The summed E-state index contributed by atoms with van der Waals surface area (Å²) in [4.78, 5) is 25.7. The Morgan fingerprint density at radius 1 is 1.41 bits per heavy atom. The number of aromatic nitrogens is 1.